The van der Waals surface area contributed by atoms with Crippen LogP contribution in [-0.2, 0) is 13.0 Å². The number of aryl methyl sites for hydroxylation is 1. The third kappa shape index (κ3) is 4.09. The number of aromatic amines is 1. The van der Waals surface area contributed by atoms with Gasteiger partial charge in [-0.25, -0.2) is 0 Å². The van der Waals surface area contributed by atoms with Gasteiger partial charge in [0.05, 0.1) is 16.8 Å². The van der Waals surface area contributed by atoms with Gasteiger partial charge in [0.1, 0.15) is 5.75 Å². The van der Waals surface area contributed by atoms with Crippen LogP contribution in [-0.4, -0.2) is 33.2 Å². The molecular formula is C24H22BrN3O2. The van der Waals surface area contributed by atoms with Gasteiger partial charge in [-0.3, -0.25) is 9.89 Å². The largest absolute Gasteiger partial charge is 0.507 e. The standard InChI is InChI=1S/C24H22BrN3O2/c1-15-6-5-7-16(10-15)11-21-18-12-19(23(29)13-22(18)27-26-21)24(30)28(2)14-17-8-3-4-9-20(17)25/h3-10,12-13,29H,11,14H2,1-2H3,(H,26,27). The molecule has 152 valence electrons. The molecule has 6 heteroatoms. The summed E-state index contributed by atoms with van der Waals surface area (Å²) in [7, 11) is 1.73. The zero-order valence-electron chi connectivity index (χ0n) is 16.8. The quantitative estimate of drug-likeness (QED) is 0.427. The number of phenols is 1. The molecule has 0 saturated carbocycles. The van der Waals surface area contributed by atoms with Gasteiger partial charge in [-0.1, -0.05) is 64.0 Å². The molecule has 30 heavy (non-hydrogen) atoms. The van der Waals surface area contributed by atoms with Crippen molar-refractivity contribution < 1.29 is 9.90 Å². The first-order chi connectivity index (χ1) is 14.4. The van der Waals surface area contributed by atoms with Crippen LogP contribution in [0.4, 0.5) is 0 Å². The number of carbonyl (C=O) groups excluding carboxylic acids is 1. The average molecular weight is 464 g/mol. The number of H-pyrrole nitrogens is 1. The van der Waals surface area contributed by atoms with E-state index < -0.39 is 0 Å². The van der Waals surface area contributed by atoms with E-state index in [1.807, 2.05) is 30.3 Å². The Labute approximate surface area is 183 Å². The van der Waals surface area contributed by atoms with E-state index in [0.717, 1.165) is 26.7 Å². The molecule has 0 aliphatic heterocycles. The lowest BCUT2D eigenvalue weighted by Gasteiger charge is -2.19. The van der Waals surface area contributed by atoms with Crippen LogP contribution < -0.4 is 0 Å². The molecule has 0 aliphatic rings. The van der Waals surface area contributed by atoms with Crippen LogP contribution in [0.15, 0.2) is 65.1 Å². The summed E-state index contributed by atoms with van der Waals surface area (Å²) in [5, 5.41) is 18.7. The fourth-order valence-corrected chi connectivity index (χ4v) is 4.00. The van der Waals surface area contributed by atoms with E-state index in [1.165, 1.54) is 5.56 Å². The van der Waals surface area contributed by atoms with Crippen molar-refractivity contribution in [3.05, 3.63) is 93.1 Å². The molecule has 4 aromatic rings. The Morgan fingerprint density at radius 1 is 1.13 bits per heavy atom. The first kappa shape index (κ1) is 20.2. The highest BCUT2D eigenvalue weighted by Crippen LogP contribution is 2.28. The first-order valence-electron chi connectivity index (χ1n) is 9.67. The van der Waals surface area contributed by atoms with Crippen LogP contribution in [0.25, 0.3) is 10.9 Å². The second kappa shape index (κ2) is 8.32. The second-order valence-electron chi connectivity index (χ2n) is 7.50. The molecule has 0 unspecified atom stereocenters. The summed E-state index contributed by atoms with van der Waals surface area (Å²) >= 11 is 3.52. The number of amides is 1. The number of aromatic nitrogens is 2. The van der Waals surface area contributed by atoms with Crippen molar-refractivity contribution in [2.45, 2.75) is 19.9 Å². The van der Waals surface area contributed by atoms with Crippen LogP contribution in [0.5, 0.6) is 5.75 Å². The maximum absolute atomic E-state index is 13.1. The summed E-state index contributed by atoms with van der Waals surface area (Å²) in [6, 6.07) is 19.4. The van der Waals surface area contributed by atoms with E-state index in [0.29, 0.717) is 18.5 Å². The molecule has 2 N–H and O–H groups in total. The molecule has 0 spiro atoms. The summed E-state index contributed by atoms with van der Waals surface area (Å²) in [4.78, 5) is 14.7. The maximum Gasteiger partial charge on any atom is 0.257 e. The predicted molar refractivity (Wildman–Crippen MR) is 122 cm³/mol. The number of hydrogen-bond acceptors (Lipinski definition) is 3. The highest BCUT2D eigenvalue weighted by molar-refractivity contribution is 9.10. The molecule has 1 amide bonds. The lowest BCUT2D eigenvalue weighted by Crippen LogP contribution is -2.26. The number of hydrogen-bond donors (Lipinski definition) is 2. The van der Waals surface area contributed by atoms with Crippen molar-refractivity contribution in [2.75, 3.05) is 7.05 Å². The van der Waals surface area contributed by atoms with Crippen LogP contribution >= 0.6 is 15.9 Å². The van der Waals surface area contributed by atoms with Gasteiger partial charge in [-0.2, -0.15) is 5.10 Å². The number of fused-ring (bicyclic) bond motifs is 1. The average Bonchev–Trinajstić information content (AvgIpc) is 3.10. The normalized spacial score (nSPS) is 11.0. The fraction of sp³-hybridized carbons (Fsp3) is 0.167. The SMILES string of the molecule is Cc1cccc(Cc2n[nH]c3cc(O)c(C(=O)N(C)Cc4ccccc4Br)cc23)c1. The van der Waals surface area contributed by atoms with Crippen molar-refractivity contribution >= 4 is 32.7 Å². The van der Waals surface area contributed by atoms with Gasteiger partial charge in [0.25, 0.3) is 5.91 Å². The number of halogens is 1. The van der Waals surface area contributed by atoms with Crippen molar-refractivity contribution in [3.8, 4) is 5.75 Å². The third-order valence-corrected chi connectivity index (χ3v) is 5.93. The molecule has 0 aliphatic carbocycles. The first-order valence-corrected chi connectivity index (χ1v) is 10.5. The van der Waals surface area contributed by atoms with Crippen LogP contribution in [0.1, 0.15) is 32.7 Å². The van der Waals surface area contributed by atoms with Crippen molar-refractivity contribution in [1.82, 2.24) is 15.1 Å². The number of aromatic hydroxyl groups is 1. The van der Waals surface area contributed by atoms with Gasteiger partial charge >= 0.3 is 0 Å². The summed E-state index contributed by atoms with van der Waals surface area (Å²) < 4.78 is 0.944. The Morgan fingerprint density at radius 2 is 1.93 bits per heavy atom. The molecule has 0 saturated heterocycles. The predicted octanol–water partition coefficient (Wildman–Crippen LogP) is 5.20. The van der Waals surface area contributed by atoms with Gasteiger partial charge in [0.15, 0.2) is 0 Å². The Balaban J connectivity index is 1.64. The fourth-order valence-electron chi connectivity index (χ4n) is 3.59. The Morgan fingerprint density at radius 3 is 2.70 bits per heavy atom. The number of carbonyl (C=O) groups is 1. The van der Waals surface area contributed by atoms with Crippen molar-refractivity contribution in [3.63, 3.8) is 0 Å². The minimum Gasteiger partial charge on any atom is -0.507 e. The monoisotopic (exact) mass is 463 g/mol. The minimum absolute atomic E-state index is 0.0581. The second-order valence-corrected chi connectivity index (χ2v) is 8.36. The number of rotatable bonds is 5. The van der Waals surface area contributed by atoms with E-state index in [1.54, 1.807) is 24.1 Å². The van der Waals surface area contributed by atoms with E-state index in [4.69, 9.17) is 0 Å². The minimum atomic E-state index is -0.243. The molecule has 0 atom stereocenters. The zero-order chi connectivity index (χ0) is 21.3. The molecule has 3 aromatic carbocycles. The van der Waals surface area contributed by atoms with Gasteiger partial charge in [-0.15, -0.1) is 0 Å². The summed E-state index contributed by atoms with van der Waals surface area (Å²) in [5.41, 5.74) is 5.16. The molecule has 1 aromatic heterocycles. The van der Waals surface area contributed by atoms with E-state index in [-0.39, 0.29) is 17.2 Å². The highest BCUT2D eigenvalue weighted by atomic mass is 79.9. The third-order valence-electron chi connectivity index (χ3n) is 5.15. The zero-order valence-corrected chi connectivity index (χ0v) is 18.4. The lowest BCUT2D eigenvalue weighted by molar-refractivity contribution is 0.0782. The number of nitrogens with one attached hydrogen (secondary N) is 1. The molecule has 0 radical (unpaired) electrons. The van der Waals surface area contributed by atoms with Gasteiger partial charge in [-0.05, 0) is 30.2 Å². The molecule has 0 bridgehead atoms. The maximum atomic E-state index is 13.1. The molecule has 0 fully saturated rings. The van der Waals surface area contributed by atoms with Crippen molar-refractivity contribution in [1.29, 1.82) is 0 Å². The Bertz CT molecular complexity index is 1230. The van der Waals surface area contributed by atoms with Gasteiger partial charge in [0.2, 0.25) is 0 Å². The van der Waals surface area contributed by atoms with Crippen LogP contribution in [0, 0.1) is 6.92 Å². The van der Waals surface area contributed by atoms with Gasteiger partial charge in [0, 0.05) is 35.9 Å². The topological polar surface area (TPSA) is 69.2 Å². The smallest absolute Gasteiger partial charge is 0.257 e. The summed E-state index contributed by atoms with van der Waals surface area (Å²) in [5.74, 6) is -0.301. The Hall–Kier alpha value is -3.12. The molecule has 5 nitrogen and oxygen atoms in total. The lowest BCUT2D eigenvalue weighted by atomic mass is 10.0. The Kier molecular flexibility index (Phi) is 5.59. The number of phenolic OH excluding ortho intramolecular Hbond substituents is 1. The van der Waals surface area contributed by atoms with Crippen LogP contribution in [0.3, 0.4) is 0 Å². The molecule has 1 heterocycles. The molecule has 4 rings (SSSR count). The number of nitrogens with zero attached hydrogens (tertiary/aromatic N) is 2. The van der Waals surface area contributed by atoms with Crippen LogP contribution in [0.2, 0.25) is 0 Å². The van der Waals surface area contributed by atoms with E-state index in [9.17, 15) is 9.90 Å². The molecular weight excluding hydrogens is 442 g/mol. The van der Waals surface area contributed by atoms with E-state index >= 15 is 0 Å². The van der Waals surface area contributed by atoms with Gasteiger partial charge < -0.3 is 10.0 Å². The summed E-state index contributed by atoms with van der Waals surface area (Å²) in [6.45, 7) is 2.49. The number of benzene rings is 3. The highest BCUT2D eigenvalue weighted by Gasteiger charge is 2.20. The van der Waals surface area contributed by atoms with E-state index in [2.05, 4.69) is 51.3 Å². The van der Waals surface area contributed by atoms with Crippen molar-refractivity contribution in [2.24, 2.45) is 0 Å². The summed E-state index contributed by atoms with van der Waals surface area (Å²) in [6.07, 6.45) is 0.646.